The summed E-state index contributed by atoms with van der Waals surface area (Å²) in [4.78, 5) is 20.0. The number of aromatic nitrogens is 4. The average molecular weight is 472 g/mol. The van der Waals surface area contributed by atoms with Gasteiger partial charge < -0.3 is 5.32 Å². The average Bonchev–Trinajstić information content (AvgIpc) is 3.34. The van der Waals surface area contributed by atoms with Crippen LogP contribution < -0.4 is 5.32 Å². The maximum atomic E-state index is 12.5. The number of nitrogens with zero attached hydrogens (tertiary/aromatic N) is 4. The van der Waals surface area contributed by atoms with Crippen LogP contribution in [-0.4, -0.2) is 31.2 Å². The van der Waals surface area contributed by atoms with E-state index in [4.69, 9.17) is 16.6 Å². The normalized spacial score (nSPS) is 13.8. The van der Waals surface area contributed by atoms with Crippen LogP contribution in [0.1, 0.15) is 48.9 Å². The van der Waals surface area contributed by atoms with Gasteiger partial charge in [0.25, 0.3) is 0 Å². The molecule has 31 heavy (non-hydrogen) atoms. The summed E-state index contributed by atoms with van der Waals surface area (Å²) < 4.78 is 2.04. The Bertz CT molecular complexity index is 1300. The van der Waals surface area contributed by atoms with E-state index in [1.165, 1.54) is 35.0 Å². The van der Waals surface area contributed by atoms with Gasteiger partial charge in [0.2, 0.25) is 5.91 Å². The first-order valence-corrected chi connectivity index (χ1v) is 12.6. The number of fused-ring (bicyclic) bond motifs is 5. The standard InChI is InChI=1S/C22H22ClN5OS2/c1-12(2)19-25-21-18(13-7-3-6-10-16(13)31-21)20-26-27-22(28(19)20)30-11-17(29)24-15-9-5-4-8-14(15)23/h4-5,8-9,12H,3,6-7,10-11H2,1-2H3,(H,24,29). The van der Waals surface area contributed by atoms with Gasteiger partial charge in [0.15, 0.2) is 10.8 Å². The lowest BCUT2D eigenvalue weighted by Crippen LogP contribution is -2.15. The SMILES string of the molecule is CC(C)c1nc2sc3c(c2c2nnc(SCC(=O)Nc4ccccc4Cl)n12)CCCC3. The Labute approximate surface area is 193 Å². The first-order valence-electron chi connectivity index (χ1n) is 10.4. The molecule has 1 aliphatic rings. The lowest BCUT2D eigenvalue weighted by molar-refractivity contribution is -0.113. The smallest absolute Gasteiger partial charge is 0.234 e. The summed E-state index contributed by atoms with van der Waals surface area (Å²) in [5.74, 6) is 1.21. The summed E-state index contributed by atoms with van der Waals surface area (Å²) >= 11 is 9.32. The first-order chi connectivity index (χ1) is 15.0. The molecule has 0 unspecified atom stereocenters. The highest BCUT2D eigenvalue weighted by Gasteiger charge is 2.24. The third-order valence-electron chi connectivity index (χ3n) is 5.45. The Balaban J connectivity index is 1.49. The monoisotopic (exact) mass is 471 g/mol. The molecule has 0 spiro atoms. The second-order valence-electron chi connectivity index (χ2n) is 7.97. The highest BCUT2D eigenvalue weighted by Crippen LogP contribution is 2.39. The third kappa shape index (κ3) is 3.81. The zero-order chi connectivity index (χ0) is 21.5. The molecular weight excluding hydrogens is 450 g/mol. The predicted molar refractivity (Wildman–Crippen MR) is 128 cm³/mol. The first kappa shape index (κ1) is 20.7. The lowest BCUT2D eigenvalue weighted by Gasteiger charge is -2.12. The van der Waals surface area contributed by atoms with Crippen LogP contribution in [0.15, 0.2) is 29.4 Å². The molecule has 0 bridgehead atoms. The Hall–Kier alpha value is -2.16. The lowest BCUT2D eigenvalue weighted by atomic mass is 9.97. The van der Waals surface area contributed by atoms with E-state index in [0.29, 0.717) is 15.9 Å². The van der Waals surface area contributed by atoms with Crippen molar-refractivity contribution in [1.29, 1.82) is 0 Å². The largest absolute Gasteiger partial charge is 0.324 e. The molecule has 1 aromatic carbocycles. The van der Waals surface area contributed by atoms with Gasteiger partial charge in [0, 0.05) is 10.8 Å². The van der Waals surface area contributed by atoms with Gasteiger partial charge in [-0.25, -0.2) is 4.98 Å². The molecule has 9 heteroatoms. The zero-order valence-corrected chi connectivity index (χ0v) is 19.7. The molecule has 3 aromatic heterocycles. The molecular formula is C22H22ClN5OS2. The Kier molecular flexibility index (Phi) is 5.62. The maximum absolute atomic E-state index is 12.5. The highest BCUT2D eigenvalue weighted by molar-refractivity contribution is 7.99. The van der Waals surface area contributed by atoms with E-state index in [1.807, 2.05) is 16.5 Å². The van der Waals surface area contributed by atoms with Crippen molar-refractivity contribution < 1.29 is 4.79 Å². The van der Waals surface area contributed by atoms with Gasteiger partial charge >= 0.3 is 0 Å². The van der Waals surface area contributed by atoms with Gasteiger partial charge in [-0.05, 0) is 43.4 Å². The van der Waals surface area contributed by atoms with E-state index in [1.54, 1.807) is 23.5 Å². The van der Waals surface area contributed by atoms with Crippen molar-refractivity contribution >= 4 is 62.2 Å². The van der Waals surface area contributed by atoms with Crippen molar-refractivity contribution in [1.82, 2.24) is 19.6 Å². The summed E-state index contributed by atoms with van der Waals surface area (Å²) in [5, 5.41) is 14.2. The number of thiophene rings is 1. The number of aryl methyl sites for hydroxylation is 2. The van der Waals surface area contributed by atoms with E-state index >= 15 is 0 Å². The topological polar surface area (TPSA) is 72.2 Å². The van der Waals surface area contributed by atoms with E-state index in [9.17, 15) is 4.79 Å². The minimum Gasteiger partial charge on any atom is -0.324 e. The molecule has 160 valence electrons. The molecule has 0 aliphatic heterocycles. The van der Waals surface area contributed by atoms with Crippen LogP contribution in [0, 0.1) is 0 Å². The van der Waals surface area contributed by atoms with E-state index in [-0.39, 0.29) is 17.6 Å². The van der Waals surface area contributed by atoms with Gasteiger partial charge in [0.05, 0.1) is 21.8 Å². The molecule has 0 saturated carbocycles. The molecule has 6 nitrogen and oxygen atoms in total. The quantitative estimate of drug-likeness (QED) is 0.376. The number of hydrogen-bond acceptors (Lipinski definition) is 6. The molecule has 4 aromatic rings. The number of benzene rings is 1. The van der Waals surface area contributed by atoms with Crippen molar-refractivity contribution in [2.24, 2.45) is 0 Å². The van der Waals surface area contributed by atoms with E-state index < -0.39 is 0 Å². The number of hydrogen-bond donors (Lipinski definition) is 1. The zero-order valence-electron chi connectivity index (χ0n) is 17.3. The molecule has 5 rings (SSSR count). The van der Waals surface area contributed by atoms with E-state index in [2.05, 4.69) is 29.4 Å². The Morgan fingerprint density at radius 1 is 1.26 bits per heavy atom. The summed E-state index contributed by atoms with van der Waals surface area (Å²) in [6, 6.07) is 7.21. The van der Waals surface area contributed by atoms with Crippen LogP contribution in [0.5, 0.6) is 0 Å². The van der Waals surface area contributed by atoms with Crippen molar-refractivity contribution in [3.8, 4) is 0 Å². The fourth-order valence-electron chi connectivity index (χ4n) is 4.01. The fourth-order valence-corrected chi connectivity index (χ4v) is 6.20. The van der Waals surface area contributed by atoms with Crippen LogP contribution in [0.2, 0.25) is 5.02 Å². The third-order valence-corrected chi connectivity index (χ3v) is 7.90. The molecule has 0 radical (unpaired) electrons. The van der Waals surface area contributed by atoms with Crippen LogP contribution in [0.3, 0.4) is 0 Å². The Morgan fingerprint density at radius 2 is 2.06 bits per heavy atom. The fraction of sp³-hybridized carbons (Fsp3) is 0.364. The predicted octanol–water partition coefficient (Wildman–Crippen LogP) is 5.73. The van der Waals surface area contributed by atoms with Gasteiger partial charge in [-0.3, -0.25) is 9.20 Å². The van der Waals surface area contributed by atoms with Crippen molar-refractivity contribution in [3.05, 3.63) is 45.6 Å². The molecule has 3 heterocycles. The second-order valence-corrected chi connectivity index (χ2v) is 10.4. The summed E-state index contributed by atoms with van der Waals surface area (Å²) in [6.45, 7) is 4.25. The highest BCUT2D eigenvalue weighted by atomic mass is 35.5. The van der Waals surface area contributed by atoms with Gasteiger partial charge in [-0.15, -0.1) is 21.5 Å². The minimum absolute atomic E-state index is 0.136. The van der Waals surface area contributed by atoms with Gasteiger partial charge in [-0.2, -0.15) is 0 Å². The number of halogens is 1. The van der Waals surface area contributed by atoms with Crippen LogP contribution >= 0.6 is 34.7 Å². The molecule has 1 aliphatic carbocycles. The maximum Gasteiger partial charge on any atom is 0.234 e. The number of amides is 1. The summed E-state index contributed by atoms with van der Waals surface area (Å²) in [5.41, 5.74) is 2.86. The summed E-state index contributed by atoms with van der Waals surface area (Å²) in [7, 11) is 0. The minimum atomic E-state index is -0.136. The molecule has 1 amide bonds. The van der Waals surface area contributed by atoms with Gasteiger partial charge in [-0.1, -0.05) is 49.3 Å². The second kappa shape index (κ2) is 8.41. The molecule has 0 atom stereocenters. The number of anilines is 1. The van der Waals surface area contributed by atoms with Crippen LogP contribution in [0.25, 0.3) is 15.9 Å². The number of thioether (sulfide) groups is 1. The number of carbonyl (C=O) groups excluding carboxylic acids is 1. The van der Waals surface area contributed by atoms with Gasteiger partial charge in [0.1, 0.15) is 10.7 Å². The Morgan fingerprint density at radius 3 is 2.87 bits per heavy atom. The van der Waals surface area contributed by atoms with Crippen molar-refractivity contribution in [3.63, 3.8) is 0 Å². The van der Waals surface area contributed by atoms with Crippen LogP contribution in [0.4, 0.5) is 5.69 Å². The number of rotatable bonds is 5. The number of nitrogens with one attached hydrogen (secondary N) is 1. The molecule has 1 N–H and O–H groups in total. The van der Waals surface area contributed by atoms with E-state index in [0.717, 1.165) is 34.5 Å². The van der Waals surface area contributed by atoms with Crippen molar-refractivity contribution in [2.45, 2.75) is 50.6 Å². The molecule has 0 saturated heterocycles. The molecule has 0 fully saturated rings. The number of carbonyl (C=O) groups is 1. The van der Waals surface area contributed by atoms with Crippen molar-refractivity contribution in [2.75, 3.05) is 11.1 Å². The number of para-hydroxylation sites is 1. The van der Waals surface area contributed by atoms with Crippen LogP contribution in [-0.2, 0) is 17.6 Å². The summed E-state index contributed by atoms with van der Waals surface area (Å²) in [6.07, 6.45) is 4.64.